The summed E-state index contributed by atoms with van der Waals surface area (Å²) in [5.74, 6) is -0.510. The molecule has 0 aromatic heterocycles. The number of hydrogen-bond acceptors (Lipinski definition) is 4. The lowest BCUT2D eigenvalue weighted by Gasteiger charge is -2.23. The minimum atomic E-state index is -3.55. The first-order chi connectivity index (χ1) is 11.0. The molecule has 128 valence electrons. The van der Waals surface area contributed by atoms with E-state index in [-0.39, 0.29) is 17.5 Å². The fourth-order valence-electron chi connectivity index (χ4n) is 3.20. The molecule has 2 aliphatic rings. The van der Waals surface area contributed by atoms with Crippen LogP contribution < -0.4 is 9.62 Å². The van der Waals surface area contributed by atoms with E-state index in [2.05, 4.69) is 9.62 Å². The molecule has 0 amide bonds. The minimum Gasteiger partial charge on any atom is -0.377 e. The van der Waals surface area contributed by atoms with Gasteiger partial charge in [0.2, 0.25) is 10.0 Å². The van der Waals surface area contributed by atoms with Crippen molar-refractivity contribution in [2.75, 3.05) is 35.1 Å². The zero-order chi connectivity index (χ0) is 16.3. The van der Waals surface area contributed by atoms with Gasteiger partial charge in [-0.25, -0.2) is 12.8 Å². The molecule has 2 saturated heterocycles. The molecule has 5 nitrogen and oxygen atoms in total. The molecule has 0 saturated carbocycles. The van der Waals surface area contributed by atoms with Crippen LogP contribution in [0.4, 0.5) is 15.8 Å². The Bertz CT molecular complexity index is 639. The number of rotatable bonds is 5. The van der Waals surface area contributed by atoms with E-state index in [1.54, 1.807) is 6.07 Å². The minimum absolute atomic E-state index is 0.0808. The fourth-order valence-corrected chi connectivity index (χ4v) is 4.51. The zero-order valence-corrected chi connectivity index (χ0v) is 13.9. The maximum atomic E-state index is 13.8. The summed E-state index contributed by atoms with van der Waals surface area (Å²) in [5.41, 5.74) is 1.01. The standard InChI is InChI=1S/C16H23FN2O3S/c17-13-9-14(11-15(10-13)19-6-2-3-7-19)18-23(20,21)12-16-5-1-4-8-22-16/h9-11,16,18H,1-8,12H2/t16-/m1/s1. The number of nitrogens with zero attached hydrogens (tertiary/aromatic N) is 1. The van der Waals surface area contributed by atoms with Gasteiger partial charge in [0, 0.05) is 25.4 Å². The second-order valence-corrected chi connectivity index (χ2v) is 8.03. The Morgan fingerprint density at radius 2 is 1.96 bits per heavy atom. The van der Waals surface area contributed by atoms with E-state index in [1.165, 1.54) is 12.1 Å². The van der Waals surface area contributed by atoms with E-state index in [0.717, 1.165) is 50.9 Å². The summed E-state index contributed by atoms with van der Waals surface area (Å²) in [6.45, 7) is 2.37. The summed E-state index contributed by atoms with van der Waals surface area (Å²) in [5, 5.41) is 0. The van der Waals surface area contributed by atoms with Crippen molar-refractivity contribution >= 4 is 21.4 Å². The van der Waals surface area contributed by atoms with Crippen molar-refractivity contribution in [1.29, 1.82) is 0 Å². The van der Waals surface area contributed by atoms with Gasteiger partial charge in [-0.15, -0.1) is 0 Å². The molecule has 2 heterocycles. The third kappa shape index (κ3) is 4.57. The van der Waals surface area contributed by atoms with E-state index in [4.69, 9.17) is 4.74 Å². The molecule has 0 spiro atoms. The molecule has 1 N–H and O–H groups in total. The number of halogens is 1. The summed E-state index contributed by atoms with van der Waals surface area (Å²) in [7, 11) is -3.55. The molecule has 2 fully saturated rings. The lowest BCUT2D eigenvalue weighted by atomic mass is 10.1. The number of anilines is 2. The van der Waals surface area contributed by atoms with Gasteiger partial charge in [-0.2, -0.15) is 0 Å². The smallest absolute Gasteiger partial charge is 0.235 e. The topological polar surface area (TPSA) is 58.6 Å². The van der Waals surface area contributed by atoms with Gasteiger partial charge in [-0.1, -0.05) is 0 Å². The quantitative estimate of drug-likeness (QED) is 0.894. The van der Waals surface area contributed by atoms with Crippen molar-refractivity contribution in [3.8, 4) is 0 Å². The van der Waals surface area contributed by atoms with Crippen molar-refractivity contribution in [3.63, 3.8) is 0 Å². The highest BCUT2D eigenvalue weighted by atomic mass is 32.2. The molecule has 0 radical (unpaired) electrons. The van der Waals surface area contributed by atoms with Crippen LogP contribution in [0.5, 0.6) is 0 Å². The molecule has 0 aliphatic carbocycles. The van der Waals surface area contributed by atoms with Crippen LogP contribution in [0.3, 0.4) is 0 Å². The first kappa shape index (κ1) is 16.5. The molecule has 0 unspecified atom stereocenters. The van der Waals surface area contributed by atoms with Crippen molar-refractivity contribution < 1.29 is 17.5 Å². The summed E-state index contributed by atoms with van der Waals surface area (Å²) in [6.07, 6.45) is 4.61. The fraction of sp³-hybridized carbons (Fsp3) is 0.625. The molecule has 2 aliphatic heterocycles. The Morgan fingerprint density at radius 1 is 1.17 bits per heavy atom. The maximum Gasteiger partial charge on any atom is 0.235 e. The normalized spacial score (nSPS) is 22.3. The van der Waals surface area contributed by atoms with Crippen LogP contribution in [0.1, 0.15) is 32.1 Å². The van der Waals surface area contributed by atoms with Crippen molar-refractivity contribution in [2.24, 2.45) is 0 Å². The molecule has 0 bridgehead atoms. The molecule has 1 aromatic carbocycles. The second-order valence-electron chi connectivity index (χ2n) is 6.26. The summed E-state index contributed by atoms with van der Waals surface area (Å²) in [6, 6.07) is 4.37. The van der Waals surface area contributed by atoms with Gasteiger partial charge in [0.15, 0.2) is 0 Å². The van der Waals surface area contributed by atoms with E-state index in [1.807, 2.05) is 0 Å². The molecule has 1 aromatic rings. The zero-order valence-electron chi connectivity index (χ0n) is 13.1. The van der Waals surface area contributed by atoms with Gasteiger partial charge in [0.1, 0.15) is 5.82 Å². The number of hydrogen-bond donors (Lipinski definition) is 1. The van der Waals surface area contributed by atoms with E-state index in [9.17, 15) is 12.8 Å². The number of benzene rings is 1. The van der Waals surface area contributed by atoms with Gasteiger partial charge in [0.25, 0.3) is 0 Å². The summed E-state index contributed by atoms with van der Waals surface area (Å²) >= 11 is 0. The summed E-state index contributed by atoms with van der Waals surface area (Å²) in [4.78, 5) is 2.07. The summed E-state index contributed by atoms with van der Waals surface area (Å²) < 4.78 is 46.4. The SMILES string of the molecule is O=S(=O)(C[C@H]1CCCCO1)Nc1cc(F)cc(N2CCCC2)c1. The van der Waals surface area contributed by atoms with Crippen molar-refractivity contribution in [1.82, 2.24) is 0 Å². The third-order valence-electron chi connectivity index (χ3n) is 4.31. The van der Waals surface area contributed by atoms with Crippen LogP contribution in [0.25, 0.3) is 0 Å². The highest BCUT2D eigenvalue weighted by Crippen LogP contribution is 2.26. The molecular weight excluding hydrogens is 319 g/mol. The second kappa shape index (κ2) is 7.05. The van der Waals surface area contributed by atoms with Crippen LogP contribution in [0.15, 0.2) is 18.2 Å². The Labute approximate surface area is 136 Å². The van der Waals surface area contributed by atoms with Crippen LogP contribution >= 0.6 is 0 Å². The Morgan fingerprint density at radius 3 is 2.65 bits per heavy atom. The Hall–Kier alpha value is -1.34. The predicted molar refractivity (Wildman–Crippen MR) is 88.8 cm³/mol. The van der Waals surface area contributed by atoms with Crippen LogP contribution in [-0.4, -0.2) is 40.0 Å². The predicted octanol–water partition coefficient (Wildman–Crippen LogP) is 2.74. The Balaban J connectivity index is 1.70. The molecule has 7 heteroatoms. The van der Waals surface area contributed by atoms with E-state index < -0.39 is 15.8 Å². The highest BCUT2D eigenvalue weighted by Gasteiger charge is 2.23. The van der Waals surface area contributed by atoms with Gasteiger partial charge in [-0.05, 0) is 50.3 Å². The molecular formula is C16H23FN2O3S. The van der Waals surface area contributed by atoms with Gasteiger partial charge in [-0.3, -0.25) is 4.72 Å². The lowest BCUT2D eigenvalue weighted by Crippen LogP contribution is -2.31. The first-order valence-electron chi connectivity index (χ1n) is 8.19. The third-order valence-corrected chi connectivity index (χ3v) is 5.66. The average molecular weight is 342 g/mol. The van der Waals surface area contributed by atoms with Crippen LogP contribution in [-0.2, 0) is 14.8 Å². The van der Waals surface area contributed by atoms with Crippen molar-refractivity contribution in [2.45, 2.75) is 38.2 Å². The van der Waals surface area contributed by atoms with E-state index >= 15 is 0 Å². The maximum absolute atomic E-state index is 13.8. The molecule has 23 heavy (non-hydrogen) atoms. The van der Waals surface area contributed by atoms with Crippen LogP contribution in [0.2, 0.25) is 0 Å². The highest BCUT2D eigenvalue weighted by molar-refractivity contribution is 7.92. The van der Waals surface area contributed by atoms with Gasteiger partial charge in [0.05, 0.1) is 17.5 Å². The van der Waals surface area contributed by atoms with Crippen LogP contribution in [0, 0.1) is 5.82 Å². The monoisotopic (exact) mass is 342 g/mol. The average Bonchev–Trinajstić information content (AvgIpc) is 3.00. The Kier molecular flexibility index (Phi) is 5.06. The number of sulfonamides is 1. The van der Waals surface area contributed by atoms with Gasteiger partial charge < -0.3 is 9.64 Å². The van der Waals surface area contributed by atoms with E-state index in [0.29, 0.717) is 6.61 Å². The molecule has 1 atom stereocenters. The lowest BCUT2D eigenvalue weighted by molar-refractivity contribution is 0.0306. The van der Waals surface area contributed by atoms with Crippen molar-refractivity contribution in [3.05, 3.63) is 24.0 Å². The number of nitrogens with one attached hydrogen (secondary N) is 1. The van der Waals surface area contributed by atoms with Gasteiger partial charge >= 0.3 is 0 Å². The largest absolute Gasteiger partial charge is 0.377 e. The first-order valence-corrected chi connectivity index (χ1v) is 9.85. The molecule has 3 rings (SSSR count). The number of ether oxygens (including phenoxy) is 1.